The summed E-state index contributed by atoms with van der Waals surface area (Å²) in [4.78, 5) is 5.52. The molecule has 1 aromatic heterocycles. The lowest BCUT2D eigenvalue weighted by Gasteiger charge is -2.05. The van der Waals surface area contributed by atoms with Crippen LogP contribution in [0.25, 0.3) is 0 Å². The molecule has 0 radical (unpaired) electrons. The van der Waals surface area contributed by atoms with E-state index in [2.05, 4.69) is 17.1 Å². The highest BCUT2D eigenvalue weighted by molar-refractivity contribution is 7.98. The lowest BCUT2D eigenvalue weighted by Crippen LogP contribution is -1.94. The Labute approximate surface area is 99.7 Å². The Balaban J connectivity index is 2.05. The van der Waals surface area contributed by atoms with Gasteiger partial charge < -0.3 is 10.3 Å². The summed E-state index contributed by atoms with van der Waals surface area (Å²) in [6, 6.07) is 6.12. The second-order valence-corrected chi connectivity index (χ2v) is 4.81. The highest BCUT2D eigenvalue weighted by atomic mass is 32.2. The molecule has 0 spiro atoms. The Morgan fingerprint density at radius 1 is 1.44 bits per heavy atom. The van der Waals surface area contributed by atoms with Crippen LogP contribution in [0.15, 0.2) is 35.5 Å². The summed E-state index contributed by atoms with van der Waals surface area (Å²) in [5, 5.41) is 0. The zero-order valence-electron chi connectivity index (χ0n) is 9.47. The smallest absolute Gasteiger partial charge is 0.118 e. The summed E-state index contributed by atoms with van der Waals surface area (Å²) in [5.41, 5.74) is 7.76. The van der Waals surface area contributed by atoms with E-state index in [1.165, 1.54) is 4.90 Å². The molecule has 0 atom stereocenters. The van der Waals surface area contributed by atoms with Crippen LogP contribution in [0, 0.1) is 6.92 Å². The van der Waals surface area contributed by atoms with E-state index in [1.807, 2.05) is 37.0 Å². The molecule has 2 aromatic rings. The Bertz CT molecular complexity index is 491. The summed E-state index contributed by atoms with van der Waals surface area (Å²) >= 11 is 1.78. The van der Waals surface area contributed by atoms with Crippen LogP contribution < -0.4 is 5.73 Å². The molecule has 0 fully saturated rings. The van der Waals surface area contributed by atoms with E-state index in [9.17, 15) is 0 Å². The van der Waals surface area contributed by atoms with Crippen LogP contribution in [-0.4, -0.2) is 9.55 Å². The molecule has 3 nitrogen and oxygen atoms in total. The van der Waals surface area contributed by atoms with E-state index < -0.39 is 0 Å². The lowest BCUT2D eigenvalue weighted by molar-refractivity contribution is 0.849. The fourth-order valence-corrected chi connectivity index (χ4v) is 2.42. The van der Waals surface area contributed by atoms with Gasteiger partial charge in [-0.1, -0.05) is 0 Å². The van der Waals surface area contributed by atoms with Crippen molar-refractivity contribution in [2.45, 2.75) is 17.6 Å². The predicted molar refractivity (Wildman–Crippen MR) is 68.4 cm³/mol. The monoisotopic (exact) mass is 233 g/mol. The Hall–Kier alpha value is -1.42. The number of nitrogens with zero attached hydrogens (tertiary/aromatic N) is 2. The molecule has 2 N–H and O–H groups in total. The van der Waals surface area contributed by atoms with Gasteiger partial charge in [-0.2, -0.15) is 0 Å². The number of hydrogen-bond acceptors (Lipinski definition) is 3. The second kappa shape index (κ2) is 4.61. The quantitative estimate of drug-likeness (QED) is 0.654. The summed E-state index contributed by atoms with van der Waals surface area (Å²) in [6.45, 7) is 2.03. The molecule has 0 saturated heterocycles. The number of aromatic nitrogens is 2. The minimum Gasteiger partial charge on any atom is -0.399 e. The van der Waals surface area contributed by atoms with Crippen LogP contribution in [0.4, 0.5) is 5.69 Å². The molecule has 84 valence electrons. The number of aryl methyl sites for hydroxylation is 2. The number of anilines is 1. The van der Waals surface area contributed by atoms with Gasteiger partial charge in [-0.05, 0) is 30.7 Å². The van der Waals surface area contributed by atoms with Crippen molar-refractivity contribution < 1.29 is 0 Å². The number of nitrogen functional groups attached to an aromatic ring is 1. The van der Waals surface area contributed by atoms with Gasteiger partial charge in [0.15, 0.2) is 0 Å². The van der Waals surface area contributed by atoms with Crippen molar-refractivity contribution in [3.8, 4) is 0 Å². The molecule has 0 unspecified atom stereocenters. The molecular formula is C12H15N3S. The fourth-order valence-electron chi connectivity index (χ4n) is 1.42. The van der Waals surface area contributed by atoms with Gasteiger partial charge in [-0.3, -0.25) is 0 Å². The topological polar surface area (TPSA) is 43.8 Å². The van der Waals surface area contributed by atoms with Gasteiger partial charge in [-0.25, -0.2) is 4.98 Å². The first-order chi connectivity index (χ1) is 7.66. The SMILES string of the molecule is Cc1cc(SCc2nccn2C)ccc1N. The lowest BCUT2D eigenvalue weighted by atomic mass is 10.2. The predicted octanol–water partition coefficient (Wildman–Crippen LogP) is 2.60. The van der Waals surface area contributed by atoms with Crippen molar-refractivity contribution in [3.63, 3.8) is 0 Å². The van der Waals surface area contributed by atoms with E-state index in [4.69, 9.17) is 5.73 Å². The third-order valence-corrected chi connectivity index (χ3v) is 3.52. The van der Waals surface area contributed by atoms with Crippen molar-refractivity contribution >= 4 is 17.4 Å². The molecule has 0 bridgehead atoms. The third kappa shape index (κ3) is 2.39. The molecule has 16 heavy (non-hydrogen) atoms. The number of thioether (sulfide) groups is 1. The van der Waals surface area contributed by atoms with Gasteiger partial charge in [0.2, 0.25) is 0 Å². The van der Waals surface area contributed by atoms with Crippen molar-refractivity contribution in [2.24, 2.45) is 7.05 Å². The van der Waals surface area contributed by atoms with Crippen LogP contribution in [0.3, 0.4) is 0 Å². The maximum Gasteiger partial charge on any atom is 0.118 e. The Morgan fingerprint density at radius 3 is 2.88 bits per heavy atom. The maximum absolute atomic E-state index is 5.78. The summed E-state index contributed by atoms with van der Waals surface area (Å²) in [5.74, 6) is 1.96. The van der Waals surface area contributed by atoms with Gasteiger partial charge in [0.05, 0.1) is 5.75 Å². The minimum atomic E-state index is 0.848. The standard InChI is InChI=1S/C12H15N3S/c1-9-7-10(3-4-11(9)13)16-8-12-14-5-6-15(12)2/h3-7H,8,13H2,1-2H3. The highest BCUT2D eigenvalue weighted by Gasteiger charge is 2.02. The number of nitrogens with two attached hydrogens (primary N) is 1. The van der Waals surface area contributed by atoms with Crippen LogP contribution in [0.1, 0.15) is 11.4 Å². The van der Waals surface area contributed by atoms with Crippen LogP contribution in [0.5, 0.6) is 0 Å². The minimum absolute atomic E-state index is 0.848. The fraction of sp³-hybridized carbons (Fsp3) is 0.250. The Morgan fingerprint density at radius 2 is 2.25 bits per heavy atom. The van der Waals surface area contributed by atoms with Crippen molar-refractivity contribution in [1.82, 2.24) is 9.55 Å². The second-order valence-electron chi connectivity index (χ2n) is 3.76. The van der Waals surface area contributed by atoms with Gasteiger partial charge in [0.25, 0.3) is 0 Å². The molecule has 0 aliphatic carbocycles. The van der Waals surface area contributed by atoms with Crippen LogP contribution in [0.2, 0.25) is 0 Å². The average molecular weight is 233 g/mol. The van der Waals surface area contributed by atoms with E-state index in [1.54, 1.807) is 11.8 Å². The van der Waals surface area contributed by atoms with Crippen LogP contribution in [-0.2, 0) is 12.8 Å². The first-order valence-electron chi connectivity index (χ1n) is 5.12. The van der Waals surface area contributed by atoms with E-state index in [0.717, 1.165) is 22.8 Å². The van der Waals surface area contributed by atoms with E-state index in [-0.39, 0.29) is 0 Å². The molecule has 0 aliphatic heterocycles. The molecule has 2 rings (SSSR count). The number of imidazole rings is 1. The zero-order valence-corrected chi connectivity index (χ0v) is 10.3. The van der Waals surface area contributed by atoms with Crippen molar-refractivity contribution in [2.75, 3.05) is 5.73 Å². The molecule has 0 aliphatic rings. The zero-order chi connectivity index (χ0) is 11.5. The molecular weight excluding hydrogens is 218 g/mol. The summed E-state index contributed by atoms with van der Waals surface area (Å²) in [6.07, 6.45) is 3.79. The molecule has 1 aromatic carbocycles. The normalized spacial score (nSPS) is 10.6. The Kier molecular flexibility index (Phi) is 3.19. The van der Waals surface area contributed by atoms with Crippen molar-refractivity contribution in [1.29, 1.82) is 0 Å². The van der Waals surface area contributed by atoms with E-state index >= 15 is 0 Å². The van der Waals surface area contributed by atoms with E-state index in [0.29, 0.717) is 0 Å². The molecule has 0 saturated carbocycles. The molecule has 4 heteroatoms. The number of rotatable bonds is 3. The highest BCUT2D eigenvalue weighted by Crippen LogP contribution is 2.24. The van der Waals surface area contributed by atoms with Crippen LogP contribution >= 0.6 is 11.8 Å². The summed E-state index contributed by atoms with van der Waals surface area (Å²) in [7, 11) is 2.01. The number of hydrogen-bond donors (Lipinski definition) is 1. The van der Waals surface area contributed by atoms with Gasteiger partial charge in [-0.15, -0.1) is 11.8 Å². The van der Waals surface area contributed by atoms with Gasteiger partial charge >= 0.3 is 0 Å². The molecule has 1 heterocycles. The first-order valence-corrected chi connectivity index (χ1v) is 6.10. The van der Waals surface area contributed by atoms with Crippen molar-refractivity contribution in [3.05, 3.63) is 42.0 Å². The summed E-state index contributed by atoms with van der Waals surface area (Å²) < 4.78 is 2.04. The largest absolute Gasteiger partial charge is 0.399 e. The van der Waals surface area contributed by atoms with Gasteiger partial charge in [0.1, 0.15) is 5.82 Å². The first kappa shape index (κ1) is 11.1. The number of benzene rings is 1. The maximum atomic E-state index is 5.78. The average Bonchev–Trinajstić information content (AvgIpc) is 2.66. The van der Waals surface area contributed by atoms with Gasteiger partial charge in [0, 0.05) is 30.0 Å². The third-order valence-electron chi connectivity index (χ3n) is 2.53. The molecule has 0 amide bonds.